The van der Waals surface area contributed by atoms with Crippen LogP contribution in [0.1, 0.15) is 31.7 Å². The van der Waals surface area contributed by atoms with Crippen LogP contribution < -0.4 is 5.73 Å². The molecule has 5 nitrogen and oxygen atoms in total. The van der Waals surface area contributed by atoms with E-state index in [1.54, 1.807) is 6.20 Å². The summed E-state index contributed by atoms with van der Waals surface area (Å²) < 4.78 is 6.84. The number of nitrogens with zero attached hydrogens (tertiary/aromatic N) is 3. The maximum absolute atomic E-state index is 5.92. The first-order valence-corrected chi connectivity index (χ1v) is 7.11. The van der Waals surface area contributed by atoms with Crippen molar-refractivity contribution in [1.82, 2.24) is 15.1 Å². The van der Waals surface area contributed by atoms with Crippen LogP contribution in [0.15, 0.2) is 25.7 Å². The second kappa shape index (κ2) is 5.90. The van der Waals surface area contributed by atoms with Crippen molar-refractivity contribution in [2.75, 3.05) is 0 Å². The normalized spacial score (nSPS) is 12.7. The summed E-state index contributed by atoms with van der Waals surface area (Å²) >= 11 is 6.76. The van der Waals surface area contributed by atoms with Crippen molar-refractivity contribution in [2.45, 2.75) is 25.8 Å². The Kier molecular flexibility index (Phi) is 4.47. The topological polar surface area (TPSA) is 77.8 Å². The highest BCUT2D eigenvalue weighted by Gasteiger charge is 2.17. The fraction of sp³-hybridized carbons (Fsp3) is 0.364. The quantitative estimate of drug-likeness (QED) is 0.885. The molecule has 0 saturated heterocycles. The average Bonchev–Trinajstić information content (AvgIpc) is 2.78. The van der Waals surface area contributed by atoms with E-state index in [0.717, 1.165) is 21.8 Å². The summed E-state index contributed by atoms with van der Waals surface area (Å²) in [5.74, 6) is 0.888. The Morgan fingerprint density at radius 3 is 2.89 bits per heavy atom. The molecule has 18 heavy (non-hydrogen) atoms. The zero-order valence-electron chi connectivity index (χ0n) is 9.73. The molecule has 2 N–H and O–H groups in total. The van der Waals surface area contributed by atoms with E-state index in [0.29, 0.717) is 17.4 Å². The molecule has 2 rings (SSSR count). The summed E-state index contributed by atoms with van der Waals surface area (Å²) in [6.45, 7) is 2.06. The SMILES string of the molecule is CCC[C@@H](N)c1nc(-c2ncc(Br)cc2Br)no1. The van der Waals surface area contributed by atoms with Crippen LogP contribution in [0.25, 0.3) is 11.5 Å². The molecule has 1 atom stereocenters. The van der Waals surface area contributed by atoms with Gasteiger partial charge in [0.25, 0.3) is 0 Å². The molecule has 96 valence electrons. The summed E-state index contributed by atoms with van der Waals surface area (Å²) in [4.78, 5) is 8.53. The van der Waals surface area contributed by atoms with Crippen molar-refractivity contribution in [3.63, 3.8) is 0 Å². The van der Waals surface area contributed by atoms with Crippen molar-refractivity contribution in [2.24, 2.45) is 5.73 Å². The lowest BCUT2D eigenvalue weighted by Crippen LogP contribution is -2.09. The van der Waals surface area contributed by atoms with Crippen LogP contribution in [0.5, 0.6) is 0 Å². The zero-order valence-corrected chi connectivity index (χ0v) is 12.9. The van der Waals surface area contributed by atoms with Gasteiger partial charge in [0, 0.05) is 15.1 Å². The van der Waals surface area contributed by atoms with Crippen LogP contribution in [-0.2, 0) is 0 Å². The van der Waals surface area contributed by atoms with Crippen LogP contribution in [0, 0.1) is 0 Å². The first-order chi connectivity index (χ1) is 8.61. The van der Waals surface area contributed by atoms with Crippen LogP contribution in [0.3, 0.4) is 0 Å². The van der Waals surface area contributed by atoms with E-state index in [-0.39, 0.29) is 6.04 Å². The van der Waals surface area contributed by atoms with Gasteiger partial charge in [-0.05, 0) is 44.3 Å². The molecule has 7 heteroatoms. The number of hydrogen-bond donors (Lipinski definition) is 1. The number of aromatic nitrogens is 3. The lowest BCUT2D eigenvalue weighted by molar-refractivity contribution is 0.348. The number of halogens is 2. The first-order valence-electron chi connectivity index (χ1n) is 5.52. The smallest absolute Gasteiger partial charge is 0.243 e. The summed E-state index contributed by atoms with van der Waals surface area (Å²) in [7, 11) is 0. The Balaban J connectivity index is 2.29. The van der Waals surface area contributed by atoms with Gasteiger partial charge in [0.1, 0.15) is 5.69 Å². The average molecular weight is 376 g/mol. The monoisotopic (exact) mass is 374 g/mol. The number of pyridine rings is 1. The molecule has 2 aromatic rings. The van der Waals surface area contributed by atoms with Gasteiger partial charge in [0.15, 0.2) is 0 Å². The predicted molar refractivity (Wildman–Crippen MR) is 74.8 cm³/mol. The molecule has 0 aliphatic carbocycles. The molecule has 0 aliphatic rings. The van der Waals surface area contributed by atoms with E-state index in [9.17, 15) is 0 Å². The van der Waals surface area contributed by atoms with E-state index < -0.39 is 0 Å². The van der Waals surface area contributed by atoms with Crippen LogP contribution in [-0.4, -0.2) is 15.1 Å². The highest BCUT2D eigenvalue weighted by Crippen LogP contribution is 2.27. The summed E-state index contributed by atoms with van der Waals surface area (Å²) in [6.07, 6.45) is 3.47. The third-order valence-electron chi connectivity index (χ3n) is 2.38. The Labute approximate surface area is 121 Å². The fourth-order valence-corrected chi connectivity index (χ4v) is 2.66. The minimum atomic E-state index is -0.217. The van der Waals surface area contributed by atoms with Crippen molar-refractivity contribution in [3.8, 4) is 11.5 Å². The molecular weight excluding hydrogens is 364 g/mol. The minimum Gasteiger partial charge on any atom is -0.337 e. The minimum absolute atomic E-state index is 0.217. The maximum atomic E-state index is 5.92. The third-order valence-corrected chi connectivity index (χ3v) is 3.42. The van der Waals surface area contributed by atoms with Crippen molar-refractivity contribution in [3.05, 3.63) is 27.1 Å². The predicted octanol–water partition coefficient (Wildman–Crippen LogP) is 3.46. The molecular formula is C11H12Br2N4O. The van der Waals surface area contributed by atoms with Gasteiger partial charge in [0.05, 0.1) is 6.04 Å². The van der Waals surface area contributed by atoms with Gasteiger partial charge in [-0.2, -0.15) is 4.98 Å². The Morgan fingerprint density at radius 1 is 1.44 bits per heavy atom. The van der Waals surface area contributed by atoms with Gasteiger partial charge in [-0.25, -0.2) is 0 Å². The third kappa shape index (κ3) is 2.96. The Morgan fingerprint density at radius 2 is 2.22 bits per heavy atom. The van der Waals surface area contributed by atoms with Crippen molar-refractivity contribution >= 4 is 31.9 Å². The van der Waals surface area contributed by atoms with E-state index >= 15 is 0 Å². The van der Waals surface area contributed by atoms with Gasteiger partial charge in [-0.15, -0.1) is 0 Å². The zero-order chi connectivity index (χ0) is 13.1. The van der Waals surface area contributed by atoms with Crippen molar-refractivity contribution < 1.29 is 4.52 Å². The number of rotatable bonds is 4. The highest BCUT2D eigenvalue weighted by atomic mass is 79.9. The van der Waals surface area contributed by atoms with Gasteiger partial charge in [-0.3, -0.25) is 4.98 Å². The Bertz CT molecular complexity index is 544. The van der Waals surface area contributed by atoms with E-state index in [1.807, 2.05) is 6.07 Å². The summed E-state index contributed by atoms with van der Waals surface area (Å²) in [6, 6.07) is 1.66. The molecule has 0 bridgehead atoms. The second-order valence-electron chi connectivity index (χ2n) is 3.84. The molecule has 2 aromatic heterocycles. The summed E-state index contributed by atoms with van der Waals surface area (Å²) in [5, 5.41) is 3.91. The molecule has 0 spiro atoms. The van der Waals surface area contributed by atoms with Gasteiger partial charge in [-0.1, -0.05) is 18.5 Å². The summed E-state index contributed by atoms with van der Waals surface area (Å²) in [5.41, 5.74) is 6.56. The molecule has 0 unspecified atom stereocenters. The van der Waals surface area contributed by atoms with Gasteiger partial charge in [0.2, 0.25) is 11.7 Å². The second-order valence-corrected chi connectivity index (χ2v) is 5.61. The van der Waals surface area contributed by atoms with Crippen LogP contribution in [0.4, 0.5) is 0 Å². The standard InChI is InChI=1S/C11H12Br2N4O/c1-2-3-8(14)11-16-10(17-18-11)9-7(13)4-6(12)5-15-9/h4-5,8H,2-3,14H2,1H3/t8-/m1/s1. The Hall–Kier alpha value is -0.790. The first kappa shape index (κ1) is 13.6. The van der Waals surface area contributed by atoms with Gasteiger partial charge < -0.3 is 10.3 Å². The lowest BCUT2D eigenvalue weighted by Gasteiger charge is -2.02. The van der Waals surface area contributed by atoms with Crippen LogP contribution >= 0.6 is 31.9 Å². The van der Waals surface area contributed by atoms with E-state index in [2.05, 4.69) is 53.9 Å². The molecule has 0 amide bonds. The van der Waals surface area contributed by atoms with Gasteiger partial charge >= 0.3 is 0 Å². The van der Waals surface area contributed by atoms with E-state index in [1.165, 1.54) is 0 Å². The number of hydrogen-bond acceptors (Lipinski definition) is 5. The molecule has 0 aromatic carbocycles. The fourth-order valence-electron chi connectivity index (χ4n) is 1.50. The number of nitrogens with two attached hydrogens (primary N) is 1. The largest absolute Gasteiger partial charge is 0.337 e. The molecule has 0 saturated carbocycles. The lowest BCUT2D eigenvalue weighted by atomic mass is 10.2. The van der Waals surface area contributed by atoms with E-state index in [4.69, 9.17) is 10.3 Å². The highest BCUT2D eigenvalue weighted by molar-refractivity contribution is 9.11. The molecule has 0 aliphatic heterocycles. The maximum Gasteiger partial charge on any atom is 0.243 e. The van der Waals surface area contributed by atoms with Crippen LogP contribution in [0.2, 0.25) is 0 Å². The molecule has 0 fully saturated rings. The van der Waals surface area contributed by atoms with Crippen molar-refractivity contribution in [1.29, 1.82) is 0 Å². The molecule has 0 radical (unpaired) electrons. The molecule has 2 heterocycles.